The molecule has 2 aliphatic rings. The molecule has 1 saturated heterocycles. The maximum atomic E-state index is 12.8. The minimum atomic E-state index is 0.103. The first-order valence-corrected chi connectivity index (χ1v) is 9.53. The average molecular weight is 385 g/mol. The molecular weight excluding hydrogens is 364 g/mol. The van der Waals surface area contributed by atoms with Crippen LogP contribution >= 0.6 is 11.6 Å². The van der Waals surface area contributed by atoms with E-state index in [1.54, 1.807) is 4.90 Å². The van der Waals surface area contributed by atoms with Gasteiger partial charge in [0, 0.05) is 37.6 Å². The Morgan fingerprint density at radius 2 is 1.78 bits per heavy atom. The van der Waals surface area contributed by atoms with Crippen LogP contribution in [0.1, 0.15) is 39.6 Å². The topological polar surface area (TPSA) is 66.4 Å². The number of piperazine rings is 1. The van der Waals surface area contributed by atoms with Crippen LogP contribution in [0.5, 0.6) is 0 Å². The smallest absolute Gasteiger partial charge is 0.225 e. The summed E-state index contributed by atoms with van der Waals surface area (Å²) in [6.45, 7) is 4.61. The van der Waals surface area contributed by atoms with Crippen molar-refractivity contribution < 1.29 is 9.59 Å². The summed E-state index contributed by atoms with van der Waals surface area (Å²) in [5.74, 6) is 0.865. The van der Waals surface area contributed by atoms with E-state index in [2.05, 4.69) is 9.88 Å². The third-order valence-corrected chi connectivity index (χ3v) is 5.64. The van der Waals surface area contributed by atoms with E-state index in [1.165, 1.54) is 0 Å². The summed E-state index contributed by atoms with van der Waals surface area (Å²) in [6, 6.07) is 7.69. The van der Waals surface area contributed by atoms with Gasteiger partial charge in [-0.15, -0.1) is 0 Å². The van der Waals surface area contributed by atoms with Gasteiger partial charge in [-0.05, 0) is 37.0 Å². The van der Waals surface area contributed by atoms with Crippen molar-refractivity contribution >= 4 is 29.7 Å². The lowest BCUT2D eigenvalue weighted by molar-refractivity contribution is -0.118. The van der Waals surface area contributed by atoms with Crippen LogP contribution in [0.25, 0.3) is 0 Å². The molecule has 7 heteroatoms. The normalized spacial score (nSPS) is 19.8. The highest BCUT2D eigenvalue weighted by atomic mass is 35.5. The molecule has 0 N–H and O–H groups in total. The number of benzene rings is 1. The Labute approximate surface area is 163 Å². The van der Waals surface area contributed by atoms with Gasteiger partial charge in [0.1, 0.15) is 0 Å². The van der Waals surface area contributed by atoms with Crippen LogP contribution in [-0.4, -0.2) is 53.2 Å². The number of hydrogen-bond acceptors (Lipinski definition) is 5. The van der Waals surface area contributed by atoms with E-state index < -0.39 is 0 Å². The van der Waals surface area contributed by atoms with Crippen LogP contribution in [0.15, 0.2) is 24.3 Å². The minimum absolute atomic E-state index is 0.103. The molecule has 1 atom stereocenters. The van der Waals surface area contributed by atoms with Gasteiger partial charge in [0.2, 0.25) is 12.4 Å². The van der Waals surface area contributed by atoms with Gasteiger partial charge in [-0.3, -0.25) is 9.59 Å². The van der Waals surface area contributed by atoms with Gasteiger partial charge in [-0.1, -0.05) is 23.7 Å². The molecule has 2 aromatic rings. The van der Waals surface area contributed by atoms with E-state index in [-0.39, 0.29) is 11.7 Å². The number of hydrogen-bond donors (Lipinski definition) is 0. The number of aromatic nitrogens is 2. The number of carbonyl (C=O) groups excluding carboxylic acids is 2. The largest absolute Gasteiger partial charge is 0.342 e. The zero-order valence-electron chi connectivity index (χ0n) is 15.2. The van der Waals surface area contributed by atoms with E-state index in [9.17, 15) is 9.59 Å². The van der Waals surface area contributed by atoms with Crippen molar-refractivity contribution in [2.24, 2.45) is 0 Å². The maximum absolute atomic E-state index is 12.8. The summed E-state index contributed by atoms with van der Waals surface area (Å²) in [6.07, 6.45) is 2.06. The van der Waals surface area contributed by atoms with E-state index in [1.807, 2.05) is 31.2 Å². The van der Waals surface area contributed by atoms with Gasteiger partial charge < -0.3 is 9.80 Å². The molecule has 4 rings (SSSR count). The van der Waals surface area contributed by atoms with Gasteiger partial charge in [0.15, 0.2) is 5.78 Å². The molecule has 0 bridgehead atoms. The van der Waals surface area contributed by atoms with Crippen molar-refractivity contribution in [3.05, 3.63) is 51.8 Å². The summed E-state index contributed by atoms with van der Waals surface area (Å²) in [5.41, 5.74) is 3.35. The van der Waals surface area contributed by atoms with Crippen molar-refractivity contribution in [2.75, 3.05) is 31.1 Å². The Morgan fingerprint density at radius 3 is 2.44 bits per heavy atom. The lowest BCUT2D eigenvalue weighted by Gasteiger charge is -2.33. The molecular formula is C20H21ClN4O2. The molecule has 0 radical (unpaired) electrons. The standard InChI is InChI=1S/C20H21ClN4O2/c1-13-19-17(23-20(22-13)25-8-6-24(12-26)7-9-25)10-15(11-18(19)27)14-2-4-16(21)5-3-14/h2-5,12,15H,6-11H2,1H3. The first-order chi connectivity index (χ1) is 13.0. The van der Waals surface area contributed by atoms with E-state index in [4.69, 9.17) is 16.6 Å². The van der Waals surface area contributed by atoms with Crippen LogP contribution in [0.4, 0.5) is 5.95 Å². The van der Waals surface area contributed by atoms with Gasteiger partial charge >= 0.3 is 0 Å². The SMILES string of the molecule is Cc1nc(N2CCN(C=O)CC2)nc2c1C(=O)CC(c1ccc(Cl)cc1)C2. The molecule has 2 heterocycles. The average Bonchev–Trinajstić information content (AvgIpc) is 2.68. The number of aryl methyl sites for hydroxylation is 1. The van der Waals surface area contributed by atoms with Gasteiger partial charge in [-0.2, -0.15) is 0 Å². The van der Waals surface area contributed by atoms with E-state index >= 15 is 0 Å². The lowest BCUT2D eigenvalue weighted by Crippen LogP contribution is -2.46. The van der Waals surface area contributed by atoms with E-state index in [0.717, 1.165) is 23.4 Å². The van der Waals surface area contributed by atoms with Crippen molar-refractivity contribution in [1.29, 1.82) is 0 Å². The predicted molar refractivity (Wildman–Crippen MR) is 103 cm³/mol. The highest BCUT2D eigenvalue weighted by Crippen LogP contribution is 2.34. The number of nitrogens with zero attached hydrogens (tertiary/aromatic N) is 4. The van der Waals surface area contributed by atoms with Gasteiger partial charge in [0.05, 0.1) is 17.0 Å². The fraction of sp³-hybridized carbons (Fsp3) is 0.400. The Kier molecular flexibility index (Phi) is 4.83. The van der Waals surface area contributed by atoms with Crippen molar-refractivity contribution in [3.63, 3.8) is 0 Å². The lowest BCUT2D eigenvalue weighted by atomic mass is 9.81. The molecule has 1 unspecified atom stereocenters. The summed E-state index contributed by atoms with van der Waals surface area (Å²) in [7, 11) is 0. The number of rotatable bonds is 3. The Morgan fingerprint density at radius 1 is 1.07 bits per heavy atom. The monoisotopic (exact) mass is 384 g/mol. The molecule has 0 saturated carbocycles. The fourth-order valence-corrected chi connectivity index (χ4v) is 4.02. The zero-order valence-corrected chi connectivity index (χ0v) is 15.9. The highest BCUT2D eigenvalue weighted by Gasteiger charge is 2.31. The molecule has 1 aliphatic heterocycles. The number of anilines is 1. The first-order valence-electron chi connectivity index (χ1n) is 9.15. The molecule has 140 valence electrons. The molecule has 0 spiro atoms. The van der Waals surface area contributed by atoms with Crippen molar-refractivity contribution in [3.8, 4) is 0 Å². The van der Waals surface area contributed by atoms with Crippen LogP contribution in [0, 0.1) is 6.92 Å². The zero-order chi connectivity index (χ0) is 19.0. The van der Waals surface area contributed by atoms with Crippen LogP contribution in [0.3, 0.4) is 0 Å². The third kappa shape index (κ3) is 3.54. The summed E-state index contributed by atoms with van der Waals surface area (Å²) < 4.78 is 0. The minimum Gasteiger partial charge on any atom is -0.342 e. The Bertz CT molecular complexity index is 876. The fourth-order valence-electron chi connectivity index (χ4n) is 3.90. The van der Waals surface area contributed by atoms with Gasteiger partial charge in [0.25, 0.3) is 0 Å². The van der Waals surface area contributed by atoms with Crippen LogP contribution < -0.4 is 4.90 Å². The highest BCUT2D eigenvalue weighted by molar-refractivity contribution is 6.30. The Balaban J connectivity index is 1.62. The number of ketones is 1. The third-order valence-electron chi connectivity index (χ3n) is 5.39. The van der Waals surface area contributed by atoms with Gasteiger partial charge in [-0.25, -0.2) is 9.97 Å². The molecule has 1 fully saturated rings. The van der Waals surface area contributed by atoms with Crippen molar-refractivity contribution in [1.82, 2.24) is 14.9 Å². The molecule has 6 nitrogen and oxygen atoms in total. The number of Topliss-reactive ketones (excluding diaryl/α,β-unsaturated/α-hetero) is 1. The second-order valence-electron chi connectivity index (χ2n) is 7.14. The maximum Gasteiger partial charge on any atom is 0.225 e. The molecule has 27 heavy (non-hydrogen) atoms. The summed E-state index contributed by atoms with van der Waals surface area (Å²) >= 11 is 5.99. The molecule has 1 aliphatic carbocycles. The molecule has 1 aromatic heterocycles. The van der Waals surface area contributed by atoms with Crippen molar-refractivity contribution in [2.45, 2.75) is 25.7 Å². The predicted octanol–water partition coefficient (Wildman–Crippen LogP) is 2.63. The molecule has 1 amide bonds. The Hall–Kier alpha value is -2.47. The number of halogens is 1. The summed E-state index contributed by atoms with van der Waals surface area (Å²) in [5, 5.41) is 0.691. The van der Waals surface area contributed by atoms with Crippen LogP contribution in [-0.2, 0) is 11.2 Å². The van der Waals surface area contributed by atoms with E-state index in [0.29, 0.717) is 55.6 Å². The number of amides is 1. The molecule has 1 aromatic carbocycles. The van der Waals surface area contributed by atoms with Crippen LogP contribution in [0.2, 0.25) is 5.02 Å². The first kappa shape index (κ1) is 17.9. The second kappa shape index (κ2) is 7.27. The summed E-state index contributed by atoms with van der Waals surface area (Å²) in [4.78, 5) is 36.9. The number of fused-ring (bicyclic) bond motifs is 1. The second-order valence-corrected chi connectivity index (χ2v) is 7.58. The quantitative estimate of drug-likeness (QED) is 0.761. The number of carbonyl (C=O) groups is 2.